The summed E-state index contributed by atoms with van der Waals surface area (Å²) in [6, 6.07) is 4.43. The van der Waals surface area contributed by atoms with E-state index in [9.17, 15) is 14.7 Å². The van der Waals surface area contributed by atoms with E-state index in [1.807, 2.05) is 6.07 Å². The molecule has 26 heavy (non-hydrogen) atoms. The van der Waals surface area contributed by atoms with Gasteiger partial charge in [0.15, 0.2) is 5.82 Å². The molecular weight excluding hydrogens is 379 g/mol. The Kier molecular flexibility index (Phi) is 4.16. The van der Waals surface area contributed by atoms with Crippen molar-refractivity contribution in [1.82, 2.24) is 19.7 Å². The average molecular weight is 395 g/mol. The highest BCUT2D eigenvalue weighted by Crippen LogP contribution is 2.51. The molecule has 9 heteroatoms. The van der Waals surface area contributed by atoms with Crippen LogP contribution in [-0.2, 0) is 22.7 Å². The smallest absolute Gasteiger partial charge is 0.328 e. The Hall–Kier alpha value is -2.12. The van der Waals surface area contributed by atoms with Crippen LogP contribution in [0.1, 0.15) is 29.6 Å². The van der Waals surface area contributed by atoms with E-state index < -0.39 is 12.0 Å². The number of aryl methyl sites for hydroxylation is 1. The van der Waals surface area contributed by atoms with Crippen molar-refractivity contribution in [2.45, 2.75) is 38.4 Å². The number of nitrogens with zero attached hydrogens (tertiary/aromatic N) is 4. The van der Waals surface area contributed by atoms with Gasteiger partial charge in [-0.25, -0.2) is 4.79 Å². The number of carboxylic acids is 1. The molecule has 1 N–H and O–H groups in total. The first-order valence-electron chi connectivity index (χ1n) is 8.24. The van der Waals surface area contributed by atoms with Crippen LogP contribution in [0, 0.1) is 12.8 Å². The van der Waals surface area contributed by atoms with Gasteiger partial charge in [0.05, 0.1) is 23.1 Å². The van der Waals surface area contributed by atoms with Crippen LogP contribution in [0.3, 0.4) is 0 Å². The second kappa shape index (κ2) is 6.25. The second-order valence-electron chi connectivity index (χ2n) is 6.69. The number of amides is 1. The molecule has 1 aliphatic carbocycles. The van der Waals surface area contributed by atoms with E-state index in [0.717, 1.165) is 5.56 Å². The van der Waals surface area contributed by atoms with Crippen molar-refractivity contribution < 1.29 is 14.7 Å². The van der Waals surface area contributed by atoms with Crippen molar-refractivity contribution >= 4 is 35.1 Å². The summed E-state index contributed by atoms with van der Waals surface area (Å²) in [6.45, 7) is 2.07. The molecule has 7 nitrogen and oxygen atoms in total. The molecule has 136 valence electrons. The van der Waals surface area contributed by atoms with Gasteiger partial charge >= 0.3 is 5.97 Å². The van der Waals surface area contributed by atoms with E-state index in [0.29, 0.717) is 28.1 Å². The van der Waals surface area contributed by atoms with Crippen molar-refractivity contribution in [3.63, 3.8) is 0 Å². The fraction of sp³-hybridized carbons (Fsp3) is 0.412. The lowest BCUT2D eigenvalue weighted by atomic mass is 10.1. The number of aliphatic carboxylic acids is 1. The monoisotopic (exact) mass is 394 g/mol. The zero-order valence-corrected chi connectivity index (χ0v) is 15.4. The molecule has 0 saturated heterocycles. The van der Waals surface area contributed by atoms with Gasteiger partial charge in [-0.05, 0) is 30.9 Å². The van der Waals surface area contributed by atoms with E-state index in [1.165, 1.54) is 4.90 Å². The highest BCUT2D eigenvalue weighted by atomic mass is 35.5. The number of rotatable bonds is 3. The lowest BCUT2D eigenvalue weighted by Gasteiger charge is -2.33. The summed E-state index contributed by atoms with van der Waals surface area (Å²) in [6.07, 6.45) is 0.632. The highest BCUT2D eigenvalue weighted by Gasteiger charge is 2.49. The number of hydrogen-bond donors (Lipinski definition) is 1. The largest absolute Gasteiger partial charge is 0.480 e. The molecule has 1 amide bonds. The first-order chi connectivity index (χ1) is 12.4. The number of aromatic nitrogens is 3. The Balaban J connectivity index is 1.58. The number of fused-ring (bicyclic) bond motifs is 1. The van der Waals surface area contributed by atoms with Gasteiger partial charge in [-0.1, -0.05) is 35.3 Å². The fourth-order valence-corrected chi connectivity index (χ4v) is 4.04. The molecule has 1 saturated carbocycles. The number of carbonyl (C=O) groups is 2. The van der Waals surface area contributed by atoms with Crippen LogP contribution in [0.15, 0.2) is 18.2 Å². The Morgan fingerprint density at radius 2 is 2.04 bits per heavy atom. The zero-order chi connectivity index (χ0) is 18.6. The molecule has 4 rings (SSSR count). The van der Waals surface area contributed by atoms with Gasteiger partial charge in [-0.2, -0.15) is 0 Å². The lowest BCUT2D eigenvalue weighted by molar-refractivity contribution is -0.153. The Morgan fingerprint density at radius 1 is 1.27 bits per heavy atom. The van der Waals surface area contributed by atoms with Gasteiger partial charge in [0.2, 0.25) is 5.91 Å². The number of halogens is 2. The summed E-state index contributed by atoms with van der Waals surface area (Å²) < 4.78 is 1.75. The van der Waals surface area contributed by atoms with Crippen molar-refractivity contribution in [1.29, 1.82) is 0 Å². The fourth-order valence-electron chi connectivity index (χ4n) is 3.59. The third-order valence-corrected chi connectivity index (χ3v) is 5.95. The van der Waals surface area contributed by atoms with Crippen molar-refractivity contribution in [2.75, 3.05) is 0 Å². The molecule has 1 fully saturated rings. The van der Waals surface area contributed by atoms with E-state index in [4.69, 9.17) is 23.2 Å². The topological polar surface area (TPSA) is 88.3 Å². The molecule has 0 spiro atoms. The molecule has 3 atom stereocenters. The van der Waals surface area contributed by atoms with Gasteiger partial charge < -0.3 is 14.6 Å². The standard InChI is InChI=1S/C17H16Cl2N4O3/c1-8-20-21-14-7-23(13(17(25)26)6-22(8)14)16(24)11-5-10(11)9-3-2-4-12(18)15(9)19/h2-4,10-11,13H,5-7H2,1H3,(H,25,26). The molecule has 2 aromatic rings. The van der Waals surface area contributed by atoms with Crippen LogP contribution in [0.25, 0.3) is 0 Å². The SMILES string of the molecule is Cc1nnc2n1CC(C(=O)O)N(C(=O)C1CC1c1cccc(Cl)c1Cl)C2. The minimum absolute atomic E-state index is 0.0373. The first kappa shape index (κ1) is 17.3. The summed E-state index contributed by atoms with van der Waals surface area (Å²) in [5.41, 5.74) is 0.834. The lowest BCUT2D eigenvalue weighted by Crippen LogP contribution is -2.51. The van der Waals surface area contributed by atoms with Gasteiger partial charge in [0.1, 0.15) is 11.9 Å². The van der Waals surface area contributed by atoms with Gasteiger partial charge in [0.25, 0.3) is 0 Å². The second-order valence-corrected chi connectivity index (χ2v) is 7.47. The summed E-state index contributed by atoms with van der Waals surface area (Å²) in [4.78, 5) is 26.1. The van der Waals surface area contributed by atoms with Crippen LogP contribution < -0.4 is 0 Å². The number of carboxylic acid groups (broad SMARTS) is 1. The maximum absolute atomic E-state index is 13.0. The number of hydrogen-bond acceptors (Lipinski definition) is 4. The van der Waals surface area contributed by atoms with Crippen molar-refractivity contribution in [3.8, 4) is 0 Å². The quantitative estimate of drug-likeness (QED) is 0.863. The summed E-state index contributed by atoms with van der Waals surface area (Å²) >= 11 is 12.3. The third-order valence-electron chi connectivity index (χ3n) is 5.11. The van der Waals surface area contributed by atoms with E-state index in [-0.39, 0.29) is 30.8 Å². The zero-order valence-electron chi connectivity index (χ0n) is 13.9. The molecule has 1 aliphatic heterocycles. The maximum atomic E-state index is 13.0. The predicted octanol–water partition coefficient (Wildman–Crippen LogP) is 2.49. The van der Waals surface area contributed by atoms with Crippen LogP contribution in [0.4, 0.5) is 0 Å². The van der Waals surface area contributed by atoms with Gasteiger partial charge in [-0.3, -0.25) is 4.79 Å². The maximum Gasteiger partial charge on any atom is 0.328 e. The molecule has 3 unspecified atom stereocenters. The summed E-state index contributed by atoms with van der Waals surface area (Å²) in [5, 5.41) is 18.5. The van der Waals surface area contributed by atoms with Gasteiger partial charge in [0, 0.05) is 5.92 Å². The number of benzene rings is 1. The molecule has 2 heterocycles. The number of carbonyl (C=O) groups excluding carboxylic acids is 1. The summed E-state index contributed by atoms with van der Waals surface area (Å²) in [5.74, 6) is -0.298. The van der Waals surface area contributed by atoms with E-state index >= 15 is 0 Å². The normalized spacial score (nSPS) is 24.3. The van der Waals surface area contributed by atoms with Crippen LogP contribution >= 0.6 is 23.2 Å². The Morgan fingerprint density at radius 3 is 2.77 bits per heavy atom. The first-order valence-corrected chi connectivity index (χ1v) is 9.00. The average Bonchev–Trinajstić information content (AvgIpc) is 3.33. The van der Waals surface area contributed by atoms with E-state index in [2.05, 4.69) is 10.2 Å². The van der Waals surface area contributed by atoms with E-state index in [1.54, 1.807) is 23.6 Å². The van der Waals surface area contributed by atoms with Crippen molar-refractivity contribution in [3.05, 3.63) is 45.5 Å². The van der Waals surface area contributed by atoms with Crippen LogP contribution in [0.5, 0.6) is 0 Å². The molecular formula is C17H16Cl2N4O3. The van der Waals surface area contributed by atoms with Gasteiger partial charge in [-0.15, -0.1) is 10.2 Å². The van der Waals surface area contributed by atoms with Crippen molar-refractivity contribution in [2.24, 2.45) is 5.92 Å². The minimum atomic E-state index is -1.03. The Bertz CT molecular complexity index is 913. The molecule has 1 aromatic carbocycles. The van der Waals surface area contributed by atoms with Crippen LogP contribution in [0.2, 0.25) is 10.0 Å². The summed E-state index contributed by atoms with van der Waals surface area (Å²) in [7, 11) is 0. The molecule has 0 radical (unpaired) electrons. The molecule has 1 aromatic heterocycles. The van der Waals surface area contributed by atoms with Crippen LogP contribution in [-0.4, -0.2) is 42.7 Å². The predicted molar refractivity (Wildman–Crippen MR) is 94.0 cm³/mol. The molecule has 0 bridgehead atoms. The Labute approximate surface area is 159 Å². The third kappa shape index (κ3) is 2.75. The highest BCUT2D eigenvalue weighted by molar-refractivity contribution is 6.42. The molecule has 2 aliphatic rings. The minimum Gasteiger partial charge on any atom is -0.480 e.